The van der Waals surface area contributed by atoms with Crippen LogP contribution in [0.4, 0.5) is 35.1 Å². The van der Waals surface area contributed by atoms with E-state index in [0.29, 0.717) is 9.79 Å². The second kappa shape index (κ2) is 30.2. The molecule has 0 aliphatic carbocycles. The Labute approximate surface area is 433 Å². The molecule has 364 valence electrons. The fraction of sp³-hybridized carbons (Fsp3) is 0.250. The molecule has 0 N–H and O–H groups in total. The molecular weight excluding hydrogens is 1090 g/mol. The third-order valence-corrected chi connectivity index (χ3v) is 12.6. The Hall–Kier alpha value is -3.57. The van der Waals surface area contributed by atoms with E-state index in [9.17, 15) is 39.3 Å². The topological polar surface area (TPSA) is 72.5 Å². The van der Waals surface area contributed by atoms with Crippen LogP contribution in [0.25, 0.3) is 0 Å². The maximum absolute atomic E-state index is 13.4. The molecule has 0 saturated heterocycles. The van der Waals surface area contributed by atoms with E-state index in [-0.39, 0.29) is 80.1 Å². The molecule has 0 amide bonds. The summed E-state index contributed by atoms with van der Waals surface area (Å²) in [6.45, 7) is -0.653. The Kier molecular flexibility index (Phi) is 27.8. The summed E-state index contributed by atoms with van der Waals surface area (Å²) in [6, 6.07) is 46.3. The van der Waals surface area contributed by atoms with Gasteiger partial charge in [-0.25, -0.2) is 13.0 Å². The van der Waals surface area contributed by atoms with Crippen LogP contribution in [0.5, 0.6) is 11.5 Å². The zero-order valence-corrected chi connectivity index (χ0v) is 43.2. The van der Waals surface area contributed by atoms with Crippen LogP contribution < -0.4 is 43.4 Å². The minimum atomic E-state index is -4.63. The van der Waals surface area contributed by atoms with E-state index in [1.807, 2.05) is 36.4 Å². The first-order valence-corrected chi connectivity index (χ1v) is 21.8. The molecule has 0 spiro atoms. The molecule has 0 radical (unpaired) electrons. The first-order chi connectivity index (χ1) is 30.9. The molecule has 6 aromatic carbocycles. The van der Waals surface area contributed by atoms with Gasteiger partial charge in [-0.15, -0.1) is 12.1 Å². The van der Waals surface area contributed by atoms with Crippen molar-refractivity contribution in [1.82, 2.24) is 0 Å². The molecule has 7 nitrogen and oxygen atoms in total. The molecular formula is C48H46Br2F8MgO7S2. The molecule has 4 atom stereocenters. The fourth-order valence-electron chi connectivity index (χ4n) is 5.14. The van der Waals surface area contributed by atoms with Crippen molar-refractivity contribution in [1.29, 1.82) is 0 Å². The van der Waals surface area contributed by atoms with Gasteiger partial charge in [0, 0.05) is 29.8 Å². The summed E-state index contributed by atoms with van der Waals surface area (Å²) in [4.78, 5) is 4.04. The van der Waals surface area contributed by atoms with Crippen LogP contribution in [0.2, 0.25) is 0 Å². The second-order valence-corrected chi connectivity index (χ2v) is 17.5. The summed E-state index contributed by atoms with van der Waals surface area (Å²) in [7, 11) is 0.605. The van der Waals surface area contributed by atoms with Gasteiger partial charge in [0.2, 0.25) is 0 Å². The maximum atomic E-state index is 13.4. The minimum Gasteiger partial charge on any atom is -1.00 e. The van der Waals surface area contributed by atoms with E-state index in [1.54, 1.807) is 72.8 Å². The number of hydrogen-bond acceptors (Lipinski definition) is 7. The summed E-state index contributed by atoms with van der Waals surface area (Å²) in [5, 5.41) is 0. The number of methoxy groups -OCH3 is 2. The molecule has 6 aromatic rings. The molecule has 0 fully saturated rings. The normalized spacial score (nSPS) is 13.6. The minimum absolute atomic E-state index is 0. The molecule has 0 bridgehead atoms. The van der Waals surface area contributed by atoms with Crippen LogP contribution in [0.1, 0.15) is 13.8 Å². The van der Waals surface area contributed by atoms with Crippen LogP contribution in [-0.2, 0) is 40.6 Å². The molecule has 68 heavy (non-hydrogen) atoms. The standard InChI is InChI=1S/C24H23F4O3S.C18H19F3O4S.C6H4F.2BrH.Mg/c1-23(24(26,27)28,31-17-29-2)16-30-19-10-14-22(15-11-19)32(20-6-4-3-5-7-20)21-12-8-18(25)9-13-21;1-17(18(19,20)21,25-13-23-2)12-24-14-8-10-16(11-9-14)26(22)15-6-4-3-5-7-15;7-6-4-2-1-3-5-6;;;/h3-15H,16-17H2,1-2H3;3-11H,12-13H2,1-2H3;2-5H;2*1H;/q+1;;-1;;;+2/p-2. The molecule has 20 heteroatoms. The van der Waals surface area contributed by atoms with Crippen LogP contribution in [0.15, 0.2) is 182 Å². The quantitative estimate of drug-likeness (QED) is 0.0384. The molecule has 0 aliphatic heterocycles. The van der Waals surface area contributed by atoms with E-state index in [2.05, 4.69) is 15.5 Å². The van der Waals surface area contributed by atoms with E-state index in [1.165, 1.54) is 62.8 Å². The molecule has 0 heterocycles. The summed E-state index contributed by atoms with van der Waals surface area (Å²) in [5.41, 5.74) is -5.02. The fourth-order valence-corrected chi connectivity index (χ4v) is 8.27. The van der Waals surface area contributed by atoms with Crippen molar-refractivity contribution < 1.29 is 102 Å². The summed E-state index contributed by atoms with van der Waals surface area (Å²) in [6.07, 6.45) is -9.26. The number of alkyl halides is 6. The predicted octanol–water partition coefficient (Wildman–Crippen LogP) is 5.67. The van der Waals surface area contributed by atoms with Crippen LogP contribution in [0, 0.1) is 17.7 Å². The Morgan fingerprint density at radius 3 is 1.25 bits per heavy atom. The smallest absolute Gasteiger partial charge is 1.00 e. The average molecular weight is 1140 g/mol. The van der Waals surface area contributed by atoms with Crippen molar-refractivity contribution in [2.45, 2.75) is 61.9 Å². The summed E-state index contributed by atoms with van der Waals surface area (Å²) in [5.74, 6) is -0.0347. The third kappa shape index (κ3) is 19.3. The predicted molar refractivity (Wildman–Crippen MR) is 236 cm³/mol. The monoisotopic (exact) mass is 1130 g/mol. The molecule has 0 aromatic heterocycles. The van der Waals surface area contributed by atoms with Crippen molar-refractivity contribution >= 4 is 44.7 Å². The zero-order valence-electron chi connectivity index (χ0n) is 37.0. The molecule has 4 unspecified atom stereocenters. The van der Waals surface area contributed by atoms with Crippen LogP contribution >= 0.6 is 0 Å². The van der Waals surface area contributed by atoms with E-state index in [0.717, 1.165) is 28.5 Å². The van der Waals surface area contributed by atoms with Gasteiger partial charge >= 0.3 is 35.4 Å². The first-order valence-electron chi connectivity index (χ1n) is 19.4. The van der Waals surface area contributed by atoms with Gasteiger partial charge in [-0.05, 0) is 111 Å². The summed E-state index contributed by atoms with van der Waals surface area (Å²) >= 11 is 0. The maximum Gasteiger partial charge on any atom is 2.00 e. The largest absolute Gasteiger partial charge is 2.00 e. The van der Waals surface area contributed by atoms with Gasteiger partial charge in [0.15, 0.2) is 25.9 Å². The van der Waals surface area contributed by atoms with Gasteiger partial charge in [0.1, 0.15) is 44.1 Å². The SMILES string of the molecule is COCOC(C)(COc1ccc(S(=O)c2ccccc2)cc1)C(F)(F)F.COCOC(C)(COc1ccc([S+](c2ccccc2)c2ccc(F)cc2)cc1)C(F)(F)F.Fc1cc[c-]cc1.[Br-].[Br-].[Mg+2]. The Morgan fingerprint density at radius 2 is 0.868 bits per heavy atom. The molecule has 6 rings (SSSR count). The van der Waals surface area contributed by atoms with Crippen LogP contribution in [0.3, 0.4) is 0 Å². The zero-order chi connectivity index (χ0) is 47.5. The number of hydrogen-bond donors (Lipinski definition) is 0. The Bertz CT molecular complexity index is 2310. The van der Waals surface area contributed by atoms with Gasteiger partial charge < -0.3 is 62.4 Å². The van der Waals surface area contributed by atoms with Gasteiger partial charge in [0.05, 0.1) is 21.7 Å². The molecule has 0 saturated carbocycles. The Morgan fingerprint density at radius 1 is 0.515 bits per heavy atom. The van der Waals surface area contributed by atoms with Gasteiger partial charge in [0.25, 0.3) is 0 Å². The molecule has 0 aliphatic rings. The first kappa shape index (κ1) is 62.4. The van der Waals surface area contributed by atoms with Crippen molar-refractivity contribution in [3.63, 3.8) is 0 Å². The van der Waals surface area contributed by atoms with Crippen molar-refractivity contribution in [3.05, 3.63) is 175 Å². The Balaban J connectivity index is 0.000000579. The van der Waals surface area contributed by atoms with Crippen molar-refractivity contribution in [2.24, 2.45) is 0 Å². The van der Waals surface area contributed by atoms with E-state index < -0.39 is 72.0 Å². The average Bonchev–Trinajstić information content (AvgIpc) is 3.30. The third-order valence-electron chi connectivity index (χ3n) is 8.98. The number of ether oxygens (including phenoxy) is 6. The number of rotatable bonds is 17. The second-order valence-electron chi connectivity index (χ2n) is 14.0. The van der Waals surface area contributed by atoms with Gasteiger partial charge in [-0.3, -0.25) is 0 Å². The summed E-state index contributed by atoms with van der Waals surface area (Å²) < 4.78 is 147. The number of halogens is 10. The van der Waals surface area contributed by atoms with Crippen molar-refractivity contribution in [2.75, 3.05) is 41.0 Å². The number of benzene rings is 6. The van der Waals surface area contributed by atoms with Crippen LogP contribution in [-0.4, -0.2) is 91.8 Å². The van der Waals surface area contributed by atoms with E-state index >= 15 is 0 Å². The van der Waals surface area contributed by atoms with Crippen molar-refractivity contribution in [3.8, 4) is 11.5 Å². The van der Waals surface area contributed by atoms with Gasteiger partial charge in [-0.2, -0.15) is 44.5 Å². The van der Waals surface area contributed by atoms with Gasteiger partial charge in [-0.1, -0.05) is 36.4 Å². The van der Waals surface area contributed by atoms with E-state index in [4.69, 9.17) is 18.9 Å².